The molecule has 1 heterocycles. The quantitative estimate of drug-likeness (QED) is 0.747. The maximum absolute atomic E-state index is 12.1. The smallest absolute Gasteiger partial charge is 0.233 e. The number of fused-ring (bicyclic) bond motifs is 1. The second kappa shape index (κ2) is 8.48. The molecule has 2 aromatic rings. The van der Waals surface area contributed by atoms with Gasteiger partial charge in [0.1, 0.15) is 12.2 Å². The fourth-order valence-corrected chi connectivity index (χ4v) is 3.43. The van der Waals surface area contributed by atoms with Crippen LogP contribution in [0, 0.1) is 13.8 Å². The summed E-state index contributed by atoms with van der Waals surface area (Å²) in [5.41, 5.74) is 4.84. The predicted octanol–water partition coefficient (Wildman–Crippen LogP) is 2.92. The lowest BCUT2D eigenvalue weighted by Gasteiger charge is -2.10. The molecule has 1 aliphatic carbocycles. The minimum Gasteiger partial charge on any atom is -0.355 e. The van der Waals surface area contributed by atoms with Crippen molar-refractivity contribution in [3.8, 4) is 0 Å². The lowest BCUT2D eigenvalue weighted by molar-refractivity contribution is -0.126. The van der Waals surface area contributed by atoms with Crippen LogP contribution in [-0.4, -0.2) is 28.3 Å². The Balaban J connectivity index is 1.46. The van der Waals surface area contributed by atoms with Gasteiger partial charge in [-0.1, -0.05) is 17.7 Å². The van der Waals surface area contributed by atoms with Gasteiger partial charge in [0.15, 0.2) is 0 Å². The molecule has 0 spiro atoms. The first-order valence-electron chi connectivity index (χ1n) is 9.11. The van der Waals surface area contributed by atoms with E-state index in [0.717, 1.165) is 42.0 Å². The average Bonchev–Trinajstić information content (AvgIpc) is 3.08. The summed E-state index contributed by atoms with van der Waals surface area (Å²) in [6.07, 6.45) is 3.50. The van der Waals surface area contributed by atoms with Crippen molar-refractivity contribution in [3.63, 3.8) is 0 Å². The van der Waals surface area contributed by atoms with E-state index in [2.05, 4.69) is 20.6 Å². The molecule has 27 heavy (non-hydrogen) atoms. The van der Waals surface area contributed by atoms with Gasteiger partial charge >= 0.3 is 0 Å². The number of nitrogens with zero attached hydrogens (tertiary/aromatic N) is 2. The molecule has 0 saturated carbocycles. The van der Waals surface area contributed by atoms with Crippen LogP contribution in [0.4, 0.5) is 5.69 Å². The van der Waals surface area contributed by atoms with E-state index in [1.165, 1.54) is 5.56 Å². The molecule has 1 aromatic heterocycles. The second-order valence-corrected chi connectivity index (χ2v) is 7.15. The van der Waals surface area contributed by atoms with E-state index in [9.17, 15) is 9.59 Å². The normalized spacial score (nSPS) is 12.6. The van der Waals surface area contributed by atoms with Crippen LogP contribution in [0.1, 0.15) is 41.2 Å². The van der Waals surface area contributed by atoms with Crippen LogP contribution in [-0.2, 0) is 28.9 Å². The first-order chi connectivity index (χ1) is 12.9. The van der Waals surface area contributed by atoms with Crippen LogP contribution in [0.25, 0.3) is 0 Å². The zero-order chi connectivity index (χ0) is 19.4. The maximum Gasteiger partial charge on any atom is 0.233 e. The van der Waals surface area contributed by atoms with Crippen molar-refractivity contribution < 1.29 is 9.59 Å². The third kappa shape index (κ3) is 4.83. The Morgan fingerprint density at radius 3 is 2.78 bits per heavy atom. The predicted molar refractivity (Wildman–Crippen MR) is 105 cm³/mol. The summed E-state index contributed by atoms with van der Waals surface area (Å²) < 4.78 is 0. The van der Waals surface area contributed by atoms with E-state index in [0.29, 0.717) is 23.7 Å². The van der Waals surface area contributed by atoms with Gasteiger partial charge in [0, 0.05) is 35.1 Å². The summed E-state index contributed by atoms with van der Waals surface area (Å²) in [6, 6.07) is 5.26. The number of benzene rings is 1. The number of halogens is 1. The number of carbonyl (C=O) groups is 2. The molecular formula is C20H23ClN4O2. The van der Waals surface area contributed by atoms with Crippen molar-refractivity contribution in [2.24, 2.45) is 0 Å². The Kier molecular flexibility index (Phi) is 6.06. The topological polar surface area (TPSA) is 84.0 Å². The van der Waals surface area contributed by atoms with Gasteiger partial charge < -0.3 is 10.6 Å². The zero-order valence-electron chi connectivity index (χ0n) is 15.6. The summed E-state index contributed by atoms with van der Waals surface area (Å²) in [4.78, 5) is 33.2. The van der Waals surface area contributed by atoms with Crippen molar-refractivity contribution in [3.05, 3.63) is 51.6 Å². The Morgan fingerprint density at radius 2 is 1.96 bits per heavy atom. The van der Waals surface area contributed by atoms with Gasteiger partial charge in [0.25, 0.3) is 0 Å². The third-order valence-corrected chi connectivity index (χ3v) is 5.13. The van der Waals surface area contributed by atoms with E-state index in [4.69, 9.17) is 11.6 Å². The second-order valence-electron chi connectivity index (χ2n) is 6.74. The van der Waals surface area contributed by atoms with Crippen molar-refractivity contribution in [1.82, 2.24) is 15.3 Å². The molecule has 0 fully saturated rings. The van der Waals surface area contributed by atoms with Gasteiger partial charge in [-0.15, -0.1) is 0 Å². The number of hydrogen-bond donors (Lipinski definition) is 2. The van der Waals surface area contributed by atoms with Gasteiger partial charge in [-0.05, 0) is 56.4 Å². The van der Waals surface area contributed by atoms with Crippen molar-refractivity contribution >= 4 is 29.1 Å². The summed E-state index contributed by atoms with van der Waals surface area (Å²) >= 11 is 6.03. The van der Waals surface area contributed by atoms with Gasteiger partial charge in [-0.2, -0.15) is 0 Å². The largest absolute Gasteiger partial charge is 0.355 e. The Labute approximate surface area is 163 Å². The summed E-state index contributed by atoms with van der Waals surface area (Å²) in [6.45, 7) is 4.23. The highest BCUT2D eigenvalue weighted by Gasteiger charge is 2.17. The first-order valence-corrected chi connectivity index (χ1v) is 9.48. The van der Waals surface area contributed by atoms with E-state index in [1.807, 2.05) is 13.8 Å². The summed E-state index contributed by atoms with van der Waals surface area (Å²) in [5, 5.41) is 6.04. The summed E-state index contributed by atoms with van der Waals surface area (Å²) in [5.74, 6) is 0.0417. The molecule has 7 heteroatoms. The molecule has 0 bridgehead atoms. The van der Waals surface area contributed by atoms with E-state index in [-0.39, 0.29) is 18.2 Å². The minimum atomic E-state index is -0.373. The molecule has 6 nitrogen and oxygen atoms in total. The van der Waals surface area contributed by atoms with Crippen LogP contribution in [0.3, 0.4) is 0 Å². The molecule has 142 valence electrons. The number of aryl methyl sites for hydroxylation is 2. The van der Waals surface area contributed by atoms with Crippen molar-refractivity contribution in [1.29, 1.82) is 0 Å². The number of aromatic nitrogens is 2. The van der Waals surface area contributed by atoms with Gasteiger partial charge in [-0.3, -0.25) is 9.59 Å². The average molecular weight is 387 g/mol. The lowest BCUT2D eigenvalue weighted by Crippen LogP contribution is -2.30. The summed E-state index contributed by atoms with van der Waals surface area (Å²) in [7, 11) is 0. The first kappa shape index (κ1) is 19.3. The molecule has 1 aromatic carbocycles. The number of rotatable bonds is 6. The molecule has 2 N–H and O–H groups in total. The number of hydrogen-bond acceptors (Lipinski definition) is 4. The fraction of sp³-hybridized carbons (Fsp3) is 0.400. The van der Waals surface area contributed by atoms with Gasteiger partial charge in [0.05, 0.1) is 0 Å². The van der Waals surface area contributed by atoms with Gasteiger partial charge in [0.2, 0.25) is 11.8 Å². The van der Waals surface area contributed by atoms with Crippen LogP contribution < -0.4 is 10.6 Å². The van der Waals surface area contributed by atoms with Crippen LogP contribution in [0.15, 0.2) is 18.2 Å². The highest BCUT2D eigenvalue weighted by molar-refractivity contribution is 6.31. The number of amides is 2. The number of carbonyl (C=O) groups excluding carboxylic acids is 2. The highest BCUT2D eigenvalue weighted by atomic mass is 35.5. The highest BCUT2D eigenvalue weighted by Crippen LogP contribution is 2.23. The van der Waals surface area contributed by atoms with E-state index < -0.39 is 0 Å². The van der Waals surface area contributed by atoms with Crippen molar-refractivity contribution in [2.45, 2.75) is 46.0 Å². The molecule has 3 rings (SSSR count). The Bertz CT molecular complexity index is 883. The van der Waals surface area contributed by atoms with E-state index >= 15 is 0 Å². The fourth-order valence-electron chi connectivity index (χ4n) is 3.25. The van der Waals surface area contributed by atoms with E-state index in [1.54, 1.807) is 18.2 Å². The van der Waals surface area contributed by atoms with Gasteiger partial charge in [-0.25, -0.2) is 9.97 Å². The monoisotopic (exact) mass is 386 g/mol. The number of anilines is 1. The number of nitrogens with one attached hydrogen (secondary N) is 2. The van der Waals surface area contributed by atoms with Crippen molar-refractivity contribution in [2.75, 3.05) is 11.9 Å². The molecule has 2 amide bonds. The van der Waals surface area contributed by atoms with Crippen LogP contribution >= 0.6 is 11.6 Å². The molecular weight excluding hydrogens is 364 g/mol. The molecule has 0 unspecified atom stereocenters. The standard InChI is InChI=1S/C20H23ClN4O2/c1-12-15(21)6-4-7-16(12)25-20(27)11-19(26)22-10-9-18-23-13(2)14-5-3-8-17(14)24-18/h4,6-7H,3,5,8-11H2,1-2H3,(H,22,26)(H,25,27). The van der Waals surface area contributed by atoms with Crippen LogP contribution in [0.5, 0.6) is 0 Å². The SMILES string of the molecule is Cc1nc(CCNC(=O)CC(=O)Nc2cccc(Cl)c2C)nc2c1CCC2. The molecule has 0 atom stereocenters. The molecule has 0 saturated heterocycles. The van der Waals surface area contributed by atoms with Crippen LogP contribution in [0.2, 0.25) is 5.02 Å². The lowest BCUT2D eigenvalue weighted by atomic mass is 10.2. The molecule has 0 aliphatic heterocycles. The Hall–Kier alpha value is -2.47. The minimum absolute atomic E-state index is 0.240. The zero-order valence-corrected chi connectivity index (χ0v) is 16.3. The molecule has 0 radical (unpaired) electrons. The maximum atomic E-state index is 12.1. The third-order valence-electron chi connectivity index (χ3n) is 4.72. The molecule has 1 aliphatic rings. The Morgan fingerprint density at radius 1 is 1.15 bits per heavy atom.